The number of ether oxygens (including phenoxy) is 1. The van der Waals surface area contributed by atoms with Crippen molar-refractivity contribution in [3.63, 3.8) is 0 Å². The van der Waals surface area contributed by atoms with Gasteiger partial charge in [0.15, 0.2) is 0 Å². The maximum Gasteiger partial charge on any atom is 0.319 e. The molecule has 4 rings (SSSR count). The highest BCUT2D eigenvalue weighted by atomic mass is 35.5. The SMILES string of the molecule is CCCCC.Cc1nc2ccc(C(=O)N=S(=O)=O)cc2n1Cc1ccc(OCC2CCCCC2)cc1Cl. The molecule has 1 aliphatic rings. The summed E-state index contributed by atoms with van der Waals surface area (Å²) in [6, 6.07) is 10.5. The number of hydrogen-bond donors (Lipinski definition) is 0. The van der Waals surface area contributed by atoms with Crippen LogP contribution in [0.2, 0.25) is 5.02 Å². The third kappa shape index (κ3) is 8.40. The molecule has 0 aliphatic heterocycles. The van der Waals surface area contributed by atoms with Gasteiger partial charge in [0.05, 0.1) is 24.2 Å². The number of amides is 1. The number of benzene rings is 2. The molecule has 0 spiro atoms. The molecule has 1 aliphatic carbocycles. The maximum absolute atomic E-state index is 12.0. The maximum atomic E-state index is 12.0. The summed E-state index contributed by atoms with van der Waals surface area (Å²) in [5.41, 5.74) is 2.47. The van der Waals surface area contributed by atoms with Gasteiger partial charge in [0.2, 0.25) is 0 Å². The van der Waals surface area contributed by atoms with Crippen LogP contribution in [0.1, 0.15) is 87.0 Å². The van der Waals surface area contributed by atoms with Gasteiger partial charge in [-0.3, -0.25) is 4.79 Å². The topological polar surface area (TPSA) is 90.6 Å². The number of nitrogens with zero attached hydrogens (tertiary/aromatic N) is 3. The van der Waals surface area contributed by atoms with Gasteiger partial charge in [-0.1, -0.05) is 74.4 Å². The summed E-state index contributed by atoms with van der Waals surface area (Å²) in [5.74, 6) is 1.31. The van der Waals surface area contributed by atoms with Crippen LogP contribution in [0.15, 0.2) is 40.8 Å². The van der Waals surface area contributed by atoms with Gasteiger partial charge in [0, 0.05) is 10.6 Å². The van der Waals surface area contributed by atoms with Crippen LogP contribution in [0.25, 0.3) is 11.0 Å². The number of aromatic nitrogens is 2. The predicted molar refractivity (Wildman–Crippen MR) is 148 cm³/mol. The Labute approximate surface area is 225 Å². The zero-order chi connectivity index (χ0) is 26.8. The van der Waals surface area contributed by atoms with Crippen molar-refractivity contribution in [1.82, 2.24) is 9.55 Å². The van der Waals surface area contributed by atoms with Crippen molar-refractivity contribution in [3.8, 4) is 5.75 Å². The number of halogens is 1. The zero-order valence-electron chi connectivity index (χ0n) is 21.9. The predicted octanol–water partition coefficient (Wildman–Crippen LogP) is 7.40. The van der Waals surface area contributed by atoms with E-state index in [0.29, 0.717) is 28.5 Å². The summed E-state index contributed by atoms with van der Waals surface area (Å²) in [4.78, 5) is 16.5. The third-order valence-corrected chi connectivity index (χ3v) is 7.28. The highest BCUT2D eigenvalue weighted by Crippen LogP contribution is 2.28. The van der Waals surface area contributed by atoms with Crippen molar-refractivity contribution in [2.24, 2.45) is 10.3 Å². The Kier molecular flexibility index (Phi) is 11.1. The number of rotatable bonds is 8. The molecule has 1 fully saturated rings. The molecular formula is C28H36ClN3O4S. The lowest BCUT2D eigenvalue weighted by molar-refractivity contribution is 0.100. The first kappa shape index (κ1) is 28.9. The van der Waals surface area contributed by atoms with Gasteiger partial charge < -0.3 is 9.30 Å². The van der Waals surface area contributed by atoms with Crippen LogP contribution in [0.5, 0.6) is 5.75 Å². The number of imidazole rings is 1. The number of carbonyl (C=O) groups excluding carboxylic acids is 1. The Morgan fingerprint density at radius 3 is 2.46 bits per heavy atom. The molecule has 7 nitrogen and oxygen atoms in total. The van der Waals surface area contributed by atoms with E-state index in [9.17, 15) is 13.2 Å². The van der Waals surface area contributed by atoms with Crippen LogP contribution < -0.4 is 4.74 Å². The fourth-order valence-electron chi connectivity index (χ4n) is 4.53. The van der Waals surface area contributed by atoms with Crippen molar-refractivity contribution in [3.05, 3.63) is 58.4 Å². The molecule has 0 N–H and O–H groups in total. The van der Waals surface area contributed by atoms with E-state index >= 15 is 0 Å². The summed E-state index contributed by atoms with van der Waals surface area (Å²) < 4.78 is 32.4. The van der Waals surface area contributed by atoms with E-state index in [0.717, 1.165) is 23.7 Å². The van der Waals surface area contributed by atoms with Crippen molar-refractivity contribution in [2.45, 2.75) is 78.7 Å². The van der Waals surface area contributed by atoms with E-state index in [4.69, 9.17) is 16.3 Å². The summed E-state index contributed by atoms with van der Waals surface area (Å²) in [7, 11) is -2.80. The van der Waals surface area contributed by atoms with Gasteiger partial charge in [-0.25, -0.2) is 4.98 Å². The van der Waals surface area contributed by atoms with Gasteiger partial charge in [0.25, 0.3) is 5.91 Å². The van der Waals surface area contributed by atoms with Crippen molar-refractivity contribution in [1.29, 1.82) is 0 Å². The molecule has 0 radical (unpaired) electrons. The minimum atomic E-state index is -2.80. The highest BCUT2D eigenvalue weighted by Gasteiger charge is 2.16. The third-order valence-electron chi connectivity index (χ3n) is 6.61. The van der Waals surface area contributed by atoms with Crippen LogP contribution in [0.4, 0.5) is 0 Å². The van der Waals surface area contributed by atoms with Crippen molar-refractivity contribution >= 4 is 39.0 Å². The zero-order valence-corrected chi connectivity index (χ0v) is 23.4. The molecule has 0 saturated heterocycles. The average molecular weight is 546 g/mol. The first-order valence-corrected chi connectivity index (χ1v) is 14.5. The Morgan fingerprint density at radius 2 is 1.84 bits per heavy atom. The molecule has 1 saturated carbocycles. The lowest BCUT2D eigenvalue weighted by Crippen LogP contribution is -2.15. The van der Waals surface area contributed by atoms with Gasteiger partial charge in [0.1, 0.15) is 11.6 Å². The molecule has 3 aromatic rings. The first-order chi connectivity index (χ1) is 17.8. The van der Waals surface area contributed by atoms with E-state index in [2.05, 4.69) is 23.2 Å². The number of aryl methyl sites for hydroxylation is 1. The van der Waals surface area contributed by atoms with Crippen LogP contribution in [-0.4, -0.2) is 30.5 Å². The molecule has 1 heterocycles. The Balaban J connectivity index is 0.000000695. The normalized spacial score (nSPS) is 13.6. The molecule has 0 unspecified atom stereocenters. The Morgan fingerprint density at radius 1 is 1.11 bits per heavy atom. The fourth-order valence-corrected chi connectivity index (χ4v) is 5.01. The Hall–Kier alpha value is -2.71. The summed E-state index contributed by atoms with van der Waals surface area (Å²) in [6.45, 7) is 7.46. The van der Waals surface area contributed by atoms with E-state index < -0.39 is 16.4 Å². The first-order valence-electron chi connectivity index (χ1n) is 13.1. The second-order valence-electron chi connectivity index (χ2n) is 9.48. The molecule has 200 valence electrons. The minimum absolute atomic E-state index is 0.181. The highest BCUT2D eigenvalue weighted by molar-refractivity contribution is 7.62. The summed E-state index contributed by atoms with van der Waals surface area (Å²) in [5, 5.41) is 0.594. The van der Waals surface area contributed by atoms with Crippen molar-refractivity contribution in [2.75, 3.05) is 6.61 Å². The second kappa shape index (κ2) is 14.3. The van der Waals surface area contributed by atoms with E-state index in [1.807, 2.05) is 29.7 Å². The summed E-state index contributed by atoms with van der Waals surface area (Å²) >= 11 is 6.56. The fraction of sp³-hybridized carbons (Fsp3) is 0.500. The van der Waals surface area contributed by atoms with E-state index in [-0.39, 0.29) is 5.56 Å². The van der Waals surface area contributed by atoms with E-state index in [1.165, 1.54) is 57.4 Å². The van der Waals surface area contributed by atoms with Gasteiger partial charge in [-0.15, -0.1) is 0 Å². The lowest BCUT2D eigenvalue weighted by atomic mass is 9.90. The van der Waals surface area contributed by atoms with Crippen LogP contribution >= 0.6 is 11.6 Å². The van der Waals surface area contributed by atoms with Crippen LogP contribution in [0, 0.1) is 12.8 Å². The standard InChI is InChI=1S/C23H24ClN3O4S.C5H12/c1-15-25-21-10-8-17(23(28)26-32(29)30)11-22(21)27(15)13-18-7-9-19(12-20(18)24)31-14-16-5-3-2-4-6-16;1-3-5-4-2/h7-12,16H,2-6,13-14H2,1H3;3-5H2,1-2H3. The largest absolute Gasteiger partial charge is 0.493 e. The van der Waals surface area contributed by atoms with E-state index in [1.54, 1.807) is 12.1 Å². The lowest BCUT2D eigenvalue weighted by Gasteiger charge is -2.21. The van der Waals surface area contributed by atoms with Crippen LogP contribution in [0.3, 0.4) is 0 Å². The molecule has 1 aromatic heterocycles. The quantitative estimate of drug-likeness (QED) is 0.294. The molecule has 0 bridgehead atoms. The van der Waals surface area contributed by atoms with Crippen molar-refractivity contribution < 1.29 is 17.9 Å². The monoisotopic (exact) mass is 545 g/mol. The molecule has 2 aromatic carbocycles. The average Bonchev–Trinajstić information content (AvgIpc) is 3.19. The molecule has 0 atom stereocenters. The summed E-state index contributed by atoms with van der Waals surface area (Å²) in [6.07, 6.45) is 10.4. The molecule has 37 heavy (non-hydrogen) atoms. The van der Waals surface area contributed by atoms with Gasteiger partial charge in [-0.05, 0) is 61.6 Å². The number of fused-ring (bicyclic) bond motifs is 1. The van der Waals surface area contributed by atoms with Gasteiger partial charge >= 0.3 is 10.5 Å². The van der Waals surface area contributed by atoms with Crippen LogP contribution in [-0.2, 0) is 17.0 Å². The van der Waals surface area contributed by atoms with Gasteiger partial charge in [-0.2, -0.15) is 8.42 Å². The minimum Gasteiger partial charge on any atom is -0.493 e. The number of hydrogen-bond acceptors (Lipinski definition) is 5. The number of carbonyl (C=O) groups is 1. The Bertz CT molecular complexity index is 1330. The second-order valence-corrected chi connectivity index (χ2v) is 10.5. The molecular weight excluding hydrogens is 510 g/mol. The number of unbranched alkanes of at least 4 members (excludes halogenated alkanes) is 2. The smallest absolute Gasteiger partial charge is 0.319 e. The molecule has 9 heteroatoms. The molecule has 1 amide bonds.